The molecule has 15 heavy (non-hydrogen) atoms. The topological polar surface area (TPSA) is 29.5 Å². The van der Waals surface area contributed by atoms with Crippen LogP contribution < -0.4 is 4.74 Å². The summed E-state index contributed by atoms with van der Waals surface area (Å²) in [6, 6.07) is 2.99. The van der Waals surface area contributed by atoms with Crippen molar-refractivity contribution >= 4 is 15.9 Å². The highest BCUT2D eigenvalue weighted by Gasteiger charge is 2.41. The molecule has 82 valence electrons. The highest BCUT2D eigenvalue weighted by molar-refractivity contribution is 9.10. The van der Waals surface area contributed by atoms with E-state index in [2.05, 4.69) is 15.9 Å². The van der Waals surface area contributed by atoms with Crippen LogP contribution in [0.4, 0.5) is 4.39 Å². The Hall–Kier alpha value is -0.610. The lowest BCUT2D eigenvalue weighted by molar-refractivity contribution is 0.149. The van der Waals surface area contributed by atoms with Crippen molar-refractivity contribution in [1.82, 2.24) is 0 Å². The third-order valence-corrected chi connectivity index (χ3v) is 3.44. The molecule has 1 aromatic carbocycles. The smallest absolute Gasteiger partial charge is 0.165 e. The molecule has 1 aliphatic rings. The van der Waals surface area contributed by atoms with Crippen molar-refractivity contribution in [2.45, 2.75) is 24.9 Å². The quantitative estimate of drug-likeness (QED) is 0.919. The van der Waals surface area contributed by atoms with Crippen molar-refractivity contribution in [3.8, 4) is 5.75 Å². The van der Waals surface area contributed by atoms with Gasteiger partial charge >= 0.3 is 0 Å². The van der Waals surface area contributed by atoms with E-state index in [4.69, 9.17) is 4.74 Å². The third kappa shape index (κ3) is 2.16. The summed E-state index contributed by atoms with van der Waals surface area (Å²) in [6.07, 6.45) is 1.99. The Labute approximate surface area is 96.2 Å². The molecule has 0 bridgehead atoms. The fourth-order valence-electron chi connectivity index (χ4n) is 1.61. The van der Waals surface area contributed by atoms with Crippen LogP contribution in [-0.4, -0.2) is 17.8 Å². The van der Waals surface area contributed by atoms with Crippen molar-refractivity contribution in [2.75, 3.05) is 7.11 Å². The van der Waals surface area contributed by atoms with E-state index in [-0.39, 0.29) is 11.6 Å². The van der Waals surface area contributed by atoms with Gasteiger partial charge in [-0.1, -0.05) is 15.9 Å². The molecule has 2 rings (SSSR count). The largest absolute Gasteiger partial charge is 0.493 e. The molecular formula is C11H12BrFO2. The van der Waals surface area contributed by atoms with E-state index in [9.17, 15) is 9.50 Å². The standard InChI is InChI=1S/C11H12BrFO2/c1-15-10-7(6-11(14)4-5-11)8(12)2-3-9(10)13/h2-3,14H,4-6H2,1H3. The van der Waals surface area contributed by atoms with Gasteiger partial charge < -0.3 is 9.84 Å². The molecule has 0 spiro atoms. The van der Waals surface area contributed by atoms with Gasteiger partial charge in [0.15, 0.2) is 11.6 Å². The molecule has 1 fully saturated rings. The van der Waals surface area contributed by atoms with Crippen molar-refractivity contribution in [3.05, 3.63) is 28.0 Å². The lowest BCUT2D eigenvalue weighted by atomic mass is 10.1. The van der Waals surface area contributed by atoms with Crippen LogP contribution >= 0.6 is 15.9 Å². The van der Waals surface area contributed by atoms with Crippen LogP contribution in [0.25, 0.3) is 0 Å². The molecule has 0 unspecified atom stereocenters. The molecule has 0 radical (unpaired) electrons. The highest BCUT2D eigenvalue weighted by atomic mass is 79.9. The summed E-state index contributed by atoms with van der Waals surface area (Å²) in [5.74, 6) is -0.162. The lowest BCUT2D eigenvalue weighted by Crippen LogP contribution is -2.12. The van der Waals surface area contributed by atoms with Crippen LogP contribution in [0.2, 0.25) is 0 Å². The minimum Gasteiger partial charge on any atom is -0.493 e. The van der Waals surface area contributed by atoms with Gasteiger partial charge in [-0.2, -0.15) is 0 Å². The normalized spacial score (nSPS) is 17.6. The third-order valence-electron chi connectivity index (χ3n) is 2.69. The molecular weight excluding hydrogens is 263 g/mol. The van der Waals surface area contributed by atoms with Gasteiger partial charge in [0.1, 0.15) is 0 Å². The first kappa shape index (κ1) is 10.9. The maximum absolute atomic E-state index is 13.4. The number of hydrogen-bond acceptors (Lipinski definition) is 2. The van der Waals surface area contributed by atoms with E-state index < -0.39 is 5.60 Å². The molecule has 1 aromatic rings. The summed E-state index contributed by atoms with van der Waals surface area (Å²) in [6.45, 7) is 0. The molecule has 0 aliphatic heterocycles. The molecule has 1 N–H and O–H groups in total. The van der Waals surface area contributed by atoms with Crippen molar-refractivity contribution in [1.29, 1.82) is 0 Å². The SMILES string of the molecule is COc1c(F)ccc(Br)c1CC1(O)CC1. The van der Waals surface area contributed by atoms with Crippen LogP contribution in [0, 0.1) is 5.82 Å². The molecule has 4 heteroatoms. The Morgan fingerprint density at radius 2 is 2.20 bits per heavy atom. The summed E-state index contributed by atoms with van der Waals surface area (Å²) < 4.78 is 19.2. The second-order valence-corrected chi connectivity index (χ2v) is 4.80. The predicted octanol–water partition coefficient (Wildman–Crippen LogP) is 2.66. The average molecular weight is 275 g/mol. The fourth-order valence-corrected chi connectivity index (χ4v) is 2.06. The summed E-state index contributed by atoms with van der Waals surface area (Å²) >= 11 is 3.34. The monoisotopic (exact) mass is 274 g/mol. The molecule has 0 amide bonds. The van der Waals surface area contributed by atoms with E-state index >= 15 is 0 Å². The van der Waals surface area contributed by atoms with Gasteiger partial charge in [0.2, 0.25) is 0 Å². The second kappa shape index (κ2) is 3.76. The highest BCUT2D eigenvalue weighted by Crippen LogP contribution is 2.42. The van der Waals surface area contributed by atoms with E-state index in [1.165, 1.54) is 13.2 Å². The second-order valence-electron chi connectivity index (χ2n) is 3.94. The Bertz CT molecular complexity index is 388. The Morgan fingerprint density at radius 3 is 2.73 bits per heavy atom. The summed E-state index contributed by atoms with van der Waals surface area (Å²) in [7, 11) is 1.44. The van der Waals surface area contributed by atoms with E-state index in [1.54, 1.807) is 6.07 Å². The molecule has 0 saturated heterocycles. The zero-order valence-electron chi connectivity index (χ0n) is 8.39. The van der Waals surface area contributed by atoms with E-state index in [1.807, 2.05) is 0 Å². The number of methoxy groups -OCH3 is 1. The van der Waals surface area contributed by atoms with Gasteiger partial charge in [0.25, 0.3) is 0 Å². The maximum Gasteiger partial charge on any atom is 0.165 e. The zero-order chi connectivity index (χ0) is 11.1. The molecule has 0 heterocycles. The number of ether oxygens (including phenoxy) is 1. The predicted molar refractivity (Wildman–Crippen MR) is 58.5 cm³/mol. The Kier molecular flexibility index (Phi) is 2.73. The van der Waals surface area contributed by atoms with Crippen LogP contribution in [0.15, 0.2) is 16.6 Å². The van der Waals surface area contributed by atoms with Crippen LogP contribution in [-0.2, 0) is 6.42 Å². The van der Waals surface area contributed by atoms with E-state index in [0.717, 1.165) is 17.3 Å². The number of benzene rings is 1. The first-order valence-corrected chi connectivity index (χ1v) is 5.58. The number of aliphatic hydroxyl groups is 1. The summed E-state index contributed by atoms with van der Waals surface area (Å²) in [5.41, 5.74) is 0.0568. The van der Waals surface area contributed by atoms with Gasteiger partial charge in [0, 0.05) is 16.5 Å². The van der Waals surface area contributed by atoms with Gasteiger partial charge in [0.05, 0.1) is 12.7 Å². The molecule has 2 nitrogen and oxygen atoms in total. The number of halogens is 2. The minimum absolute atomic E-state index is 0.227. The maximum atomic E-state index is 13.4. The number of rotatable bonds is 3. The summed E-state index contributed by atoms with van der Waals surface area (Å²) in [4.78, 5) is 0. The van der Waals surface area contributed by atoms with Gasteiger partial charge in [-0.05, 0) is 25.0 Å². The van der Waals surface area contributed by atoms with Crippen molar-refractivity contribution in [2.24, 2.45) is 0 Å². The van der Waals surface area contributed by atoms with E-state index in [0.29, 0.717) is 12.0 Å². The lowest BCUT2D eigenvalue weighted by Gasteiger charge is -2.14. The molecule has 0 atom stereocenters. The van der Waals surface area contributed by atoms with Gasteiger partial charge in [-0.25, -0.2) is 4.39 Å². The zero-order valence-corrected chi connectivity index (χ0v) is 9.97. The first-order chi connectivity index (χ1) is 7.06. The van der Waals surface area contributed by atoms with Crippen LogP contribution in [0.1, 0.15) is 18.4 Å². The minimum atomic E-state index is -0.649. The number of hydrogen-bond donors (Lipinski definition) is 1. The summed E-state index contributed by atoms with van der Waals surface area (Å²) in [5, 5.41) is 9.82. The molecule has 1 saturated carbocycles. The average Bonchev–Trinajstić information content (AvgIpc) is 2.91. The van der Waals surface area contributed by atoms with Crippen LogP contribution in [0.3, 0.4) is 0 Å². The van der Waals surface area contributed by atoms with Gasteiger partial charge in [-0.15, -0.1) is 0 Å². The van der Waals surface area contributed by atoms with Gasteiger partial charge in [-0.3, -0.25) is 0 Å². The van der Waals surface area contributed by atoms with Crippen LogP contribution in [0.5, 0.6) is 5.75 Å². The fraction of sp³-hybridized carbons (Fsp3) is 0.455. The first-order valence-electron chi connectivity index (χ1n) is 4.79. The Balaban J connectivity index is 2.38. The Morgan fingerprint density at radius 1 is 1.53 bits per heavy atom. The molecule has 0 aromatic heterocycles. The molecule has 1 aliphatic carbocycles. The van der Waals surface area contributed by atoms with Crippen molar-refractivity contribution < 1.29 is 14.2 Å². The van der Waals surface area contributed by atoms with Crippen molar-refractivity contribution in [3.63, 3.8) is 0 Å².